The molecule has 0 spiro atoms. The molecule has 3 N–H and O–H groups in total. The number of nitrogen functional groups attached to an aromatic ring is 1. The Balaban J connectivity index is 1.73. The first kappa shape index (κ1) is 15.7. The number of nitrogens with two attached hydrogens (primary N) is 1. The summed E-state index contributed by atoms with van der Waals surface area (Å²) in [4.78, 5) is 11.7. The van der Waals surface area contributed by atoms with Crippen LogP contribution in [0.5, 0.6) is 0 Å². The summed E-state index contributed by atoms with van der Waals surface area (Å²) in [5.41, 5.74) is 1.02. The van der Waals surface area contributed by atoms with Crippen LogP contribution in [0.15, 0.2) is 29.4 Å². The smallest absolute Gasteiger partial charge is 0.230 e. The molecule has 1 aromatic carbocycles. The van der Waals surface area contributed by atoms with Crippen molar-refractivity contribution in [2.75, 3.05) is 18.1 Å². The molecule has 0 aliphatic carbocycles. The van der Waals surface area contributed by atoms with E-state index in [1.54, 1.807) is 6.92 Å². The van der Waals surface area contributed by atoms with Gasteiger partial charge in [0.05, 0.1) is 5.75 Å². The van der Waals surface area contributed by atoms with Gasteiger partial charge in [0.2, 0.25) is 11.1 Å². The van der Waals surface area contributed by atoms with Gasteiger partial charge in [-0.15, -0.1) is 10.2 Å². The van der Waals surface area contributed by atoms with Crippen LogP contribution in [0.1, 0.15) is 11.4 Å². The summed E-state index contributed by atoms with van der Waals surface area (Å²) < 4.78 is 1.36. The molecule has 1 amide bonds. The Bertz CT molecular complexity index is 631. The summed E-state index contributed by atoms with van der Waals surface area (Å²) in [5, 5.41) is 11.8. The lowest BCUT2D eigenvalue weighted by Gasteiger charge is -2.06. The van der Waals surface area contributed by atoms with E-state index in [0.29, 0.717) is 29.0 Å². The molecule has 0 radical (unpaired) electrons. The molecule has 1 aromatic heterocycles. The van der Waals surface area contributed by atoms with E-state index in [0.717, 1.165) is 5.56 Å². The van der Waals surface area contributed by atoms with E-state index in [2.05, 4.69) is 15.5 Å². The standard InChI is InChI=1S/C13H16ClN5OS/c1-9-17-18-13(19(9)15)21-8-12(20)16-7-6-10-4-2-3-5-11(10)14/h2-5H,6-8,15H2,1H3,(H,16,20). The van der Waals surface area contributed by atoms with Crippen LogP contribution >= 0.6 is 23.4 Å². The highest BCUT2D eigenvalue weighted by atomic mass is 35.5. The third-order valence-corrected chi connectivity index (χ3v) is 4.15. The molecule has 2 aromatic rings. The van der Waals surface area contributed by atoms with Crippen molar-refractivity contribution in [3.8, 4) is 0 Å². The number of aryl methyl sites for hydroxylation is 1. The lowest BCUT2D eigenvalue weighted by molar-refractivity contribution is -0.118. The van der Waals surface area contributed by atoms with E-state index in [1.165, 1.54) is 16.4 Å². The molecule has 0 saturated carbocycles. The Hall–Kier alpha value is -1.73. The normalized spacial score (nSPS) is 10.6. The van der Waals surface area contributed by atoms with Crippen molar-refractivity contribution in [2.24, 2.45) is 0 Å². The van der Waals surface area contributed by atoms with E-state index in [4.69, 9.17) is 17.4 Å². The molecule has 8 heteroatoms. The minimum Gasteiger partial charge on any atom is -0.355 e. The first-order valence-electron chi connectivity index (χ1n) is 6.38. The lowest BCUT2D eigenvalue weighted by Crippen LogP contribution is -2.27. The number of rotatable bonds is 6. The number of benzene rings is 1. The highest BCUT2D eigenvalue weighted by molar-refractivity contribution is 7.99. The molecule has 0 atom stereocenters. The van der Waals surface area contributed by atoms with Crippen LogP contribution in [-0.2, 0) is 11.2 Å². The van der Waals surface area contributed by atoms with Gasteiger partial charge in [0.1, 0.15) is 5.82 Å². The second-order valence-corrected chi connectivity index (χ2v) is 5.73. The van der Waals surface area contributed by atoms with Gasteiger partial charge in [-0.2, -0.15) is 0 Å². The largest absolute Gasteiger partial charge is 0.355 e. The van der Waals surface area contributed by atoms with Gasteiger partial charge in [0.15, 0.2) is 0 Å². The molecular formula is C13H16ClN5OS. The van der Waals surface area contributed by atoms with Crippen molar-refractivity contribution >= 4 is 29.3 Å². The van der Waals surface area contributed by atoms with Crippen molar-refractivity contribution in [3.05, 3.63) is 40.7 Å². The molecule has 0 saturated heterocycles. The van der Waals surface area contributed by atoms with E-state index in [9.17, 15) is 4.79 Å². The van der Waals surface area contributed by atoms with Gasteiger partial charge in [0.25, 0.3) is 0 Å². The van der Waals surface area contributed by atoms with Crippen molar-refractivity contribution in [3.63, 3.8) is 0 Å². The van der Waals surface area contributed by atoms with Crippen molar-refractivity contribution in [1.82, 2.24) is 20.2 Å². The number of hydrogen-bond acceptors (Lipinski definition) is 5. The minimum absolute atomic E-state index is 0.0762. The van der Waals surface area contributed by atoms with Gasteiger partial charge in [-0.25, -0.2) is 4.68 Å². The zero-order valence-electron chi connectivity index (χ0n) is 11.5. The fraction of sp³-hybridized carbons (Fsp3) is 0.308. The van der Waals surface area contributed by atoms with Crippen LogP contribution in [0.4, 0.5) is 0 Å². The molecule has 2 rings (SSSR count). The average Bonchev–Trinajstić information content (AvgIpc) is 2.79. The monoisotopic (exact) mass is 325 g/mol. The Morgan fingerprint density at radius 2 is 2.19 bits per heavy atom. The molecule has 21 heavy (non-hydrogen) atoms. The van der Waals surface area contributed by atoms with Gasteiger partial charge >= 0.3 is 0 Å². The summed E-state index contributed by atoms with van der Waals surface area (Å²) in [7, 11) is 0. The minimum atomic E-state index is -0.0762. The predicted molar refractivity (Wildman–Crippen MR) is 83.8 cm³/mol. The van der Waals surface area contributed by atoms with Gasteiger partial charge in [0, 0.05) is 11.6 Å². The number of hydrogen-bond donors (Lipinski definition) is 2. The SMILES string of the molecule is Cc1nnc(SCC(=O)NCCc2ccccc2Cl)n1N. The van der Waals surface area contributed by atoms with Crippen molar-refractivity contribution < 1.29 is 4.79 Å². The highest BCUT2D eigenvalue weighted by Crippen LogP contribution is 2.15. The molecule has 0 aliphatic rings. The Morgan fingerprint density at radius 1 is 1.43 bits per heavy atom. The zero-order valence-corrected chi connectivity index (χ0v) is 13.1. The molecule has 0 bridgehead atoms. The van der Waals surface area contributed by atoms with Crippen LogP contribution in [0.2, 0.25) is 5.02 Å². The maximum Gasteiger partial charge on any atom is 0.230 e. The van der Waals surface area contributed by atoms with Gasteiger partial charge in [-0.3, -0.25) is 4.79 Å². The van der Waals surface area contributed by atoms with Gasteiger partial charge in [-0.05, 0) is 25.0 Å². The fourth-order valence-electron chi connectivity index (χ4n) is 1.67. The first-order chi connectivity index (χ1) is 10.1. The summed E-state index contributed by atoms with van der Waals surface area (Å²) >= 11 is 7.30. The number of amides is 1. The maximum atomic E-state index is 11.7. The number of halogens is 1. The maximum absolute atomic E-state index is 11.7. The number of aromatic nitrogens is 3. The number of nitrogens with zero attached hydrogens (tertiary/aromatic N) is 3. The van der Waals surface area contributed by atoms with E-state index >= 15 is 0 Å². The van der Waals surface area contributed by atoms with E-state index < -0.39 is 0 Å². The van der Waals surface area contributed by atoms with Crippen LogP contribution in [0, 0.1) is 6.92 Å². The number of carbonyl (C=O) groups is 1. The molecule has 6 nitrogen and oxygen atoms in total. The molecule has 1 heterocycles. The zero-order chi connectivity index (χ0) is 15.2. The Kier molecular flexibility index (Phi) is 5.46. The second kappa shape index (κ2) is 7.33. The van der Waals surface area contributed by atoms with Crippen LogP contribution in [-0.4, -0.2) is 33.1 Å². The Morgan fingerprint density at radius 3 is 2.86 bits per heavy atom. The highest BCUT2D eigenvalue weighted by Gasteiger charge is 2.09. The first-order valence-corrected chi connectivity index (χ1v) is 7.74. The summed E-state index contributed by atoms with van der Waals surface area (Å²) in [5.74, 6) is 6.49. The summed E-state index contributed by atoms with van der Waals surface area (Å²) in [6.07, 6.45) is 0.697. The molecule has 0 unspecified atom stereocenters. The predicted octanol–water partition coefficient (Wildman–Crippen LogP) is 1.40. The van der Waals surface area contributed by atoms with Gasteiger partial charge < -0.3 is 11.2 Å². The summed E-state index contributed by atoms with van der Waals surface area (Å²) in [6, 6.07) is 7.59. The van der Waals surface area contributed by atoms with Crippen LogP contribution < -0.4 is 11.2 Å². The lowest BCUT2D eigenvalue weighted by atomic mass is 10.1. The third-order valence-electron chi connectivity index (χ3n) is 2.84. The quantitative estimate of drug-likeness (QED) is 0.619. The van der Waals surface area contributed by atoms with Crippen molar-refractivity contribution in [1.29, 1.82) is 0 Å². The van der Waals surface area contributed by atoms with E-state index in [1.807, 2.05) is 24.3 Å². The van der Waals surface area contributed by atoms with Crippen LogP contribution in [0.3, 0.4) is 0 Å². The van der Waals surface area contributed by atoms with Crippen molar-refractivity contribution in [2.45, 2.75) is 18.5 Å². The average molecular weight is 326 g/mol. The number of carbonyl (C=O) groups excluding carboxylic acids is 1. The molecule has 0 fully saturated rings. The summed E-state index contributed by atoms with van der Waals surface area (Å²) in [6.45, 7) is 2.29. The third kappa shape index (κ3) is 4.37. The van der Waals surface area contributed by atoms with Crippen LogP contribution in [0.25, 0.3) is 0 Å². The second-order valence-electron chi connectivity index (χ2n) is 4.38. The number of nitrogens with one attached hydrogen (secondary N) is 1. The molecule has 112 valence electrons. The number of thioether (sulfide) groups is 1. The van der Waals surface area contributed by atoms with E-state index in [-0.39, 0.29) is 11.7 Å². The van der Waals surface area contributed by atoms with Gasteiger partial charge in [-0.1, -0.05) is 41.6 Å². The topological polar surface area (TPSA) is 85.8 Å². The fourth-order valence-corrected chi connectivity index (χ4v) is 2.63. The molecular weight excluding hydrogens is 310 g/mol. The Labute approximate surface area is 132 Å². The molecule has 0 aliphatic heterocycles.